The molecular formula is C45H30O. The van der Waals surface area contributed by atoms with Crippen LogP contribution in [-0.2, 0) is 5.41 Å². The van der Waals surface area contributed by atoms with Crippen LogP contribution >= 0.6 is 0 Å². The molecule has 0 atom stereocenters. The molecule has 0 N–H and O–H groups in total. The molecule has 2 aliphatic rings. The molecule has 0 saturated heterocycles. The molecule has 1 heteroatoms. The Bertz CT molecular complexity index is 2590. The molecule has 8 aromatic carbocycles. The Morgan fingerprint density at radius 1 is 0.391 bits per heavy atom. The molecule has 8 aromatic rings. The molecule has 1 nitrogen and oxygen atoms in total. The fourth-order valence-electron chi connectivity index (χ4n) is 8.02. The lowest BCUT2D eigenvalue weighted by Crippen LogP contribution is -2.15. The number of benzene rings is 8. The summed E-state index contributed by atoms with van der Waals surface area (Å²) >= 11 is 0. The highest BCUT2D eigenvalue weighted by Crippen LogP contribution is 2.52. The molecule has 10 rings (SSSR count). The summed E-state index contributed by atoms with van der Waals surface area (Å²) in [5, 5.41) is 7.49. The van der Waals surface area contributed by atoms with Gasteiger partial charge < -0.3 is 4.74 Å². The van der Waals surface area contributed by atoms with Crippen LogP contribution in [0.2, 0.25) is 0 Å². The molecule has 0 radical (unpaired) electrons. The SMILES string of the molecule is CC1(C)c2cc(-c3ccc4c(c3)-c3cccc5c(-c6ccc7ccccc7c6)ccc(c35)O4)ccc2-c2cc3ccccc3cc21. The maximum atomic E-state index is 6.59. The predicted octanol–water partition coefficient (Wildman–Crippen LogP) is 12.6. The highest BCUT2D eigenvalue weighted by Gasteiger charge is 2.36. The van der Waals surface area contributed by atoms with E-state index in [9.17, 15) is 0 Å². The Morgan fingerprint density at radius 3 is 1.89 bits per heavy atom. The molecule has 1 aliphatic heterocycles. The first kappa shape index (κ1) is 25.6. The minimum Gasteiger partial charge on any atom is -0.456 e. The van der Waals surface area contributed by atoms with Crippen molar-refractivity contribution in [1.29, 1.82) is 0 Å². The van der Waals surface area contributed by atoms with Gasteiger partial charge in [-0.3, -0.25) is 0 Å². The van der Waals surface area contributed by atoms with Crippen molar-refractivity contribution in [1.82, 2.24) is 0 Å². The Hall–Kier alpha value is -5.66. The normalized spacial score (nSPS) is 13.8. The molecule has 1 aliphatic carbocycles. The largest absolute Gasteiger partial charge is 0.456 e. The minimum absolute atomic E-state index is 0.0777. The first-order chi connectivity index (χ1) is 22.5. The van der Waals surface area contributed by atoms with Crippen LogP contribution in [0.15, 0.2) is 146 Å². The van der Waals surface area contributed by atoms with Gasteiger partial charge in [-0.15, -0.1) is 0 Å². The fourth-order valence-corrected chi connectivity index (χ4v) is 8.02. The lowest BCUT2D eigenvalue weighted by molar-refractivity contribution is 0.487. The van der Waals surface area contributed by atoms with Gasteiger partial charge in [0.05, 0.1) is 0 Å². The number of hydrogen-bond acceptors (Lipinski definition) is 1. The van der Waals surface area contributed by atoms with Crippen LogP contribution in [-0.4, -0.2) is 0 Å². The molecule has 0 amide bonds. The van der Waals surface area contributed by atoms with E-state index in [-0.39, 0.29) is 5.41 Å². The van der Waals surface area contributed by atoms with E-state index in [0.717, 1.165) is 17.1 Å². The van der Waals surface area contributed by atoms with E-state index in [2.05, 4.69) is 159 Å². The van der Waals surface area contributed by atoms with Crippen molar-refractivity contribution in [3.8, 4) is 56.0 Å². The maximum Gasteiger partial charge on any atom is 0.135 e. The van der Waals surface area contributed by atoms with Crippen molar-refractivity contribution in [3.05, 3.63) is 157 Å². The van der Waals surface area contributed by atoms with Crippen LogP contribution in [0, 0.1) is 0 Å². The number of rotatable bonds is 2. The van der Waals surface area contributed by atoms with Crippen molar-refractivity contribution < 1.29 is 4.74 Å². The van der Waals surface area contributed by atoms with Crippen LogP contribution in [0.5, 0.6) is 11.5 Å². The Balaban J connectivity index is 1.10. The maximum absolute atomic E-state index is 6.59. The average Bonchev–Trinajstić information content (AvgIpc) is 3.32. The summed E-state index contributed by atoms with van der Waals surface area (Å²) in [6, 6.07) is 53.5. The third-order valence-electron chi connectivity index (χ3n) is 10.4. The van der Waals surface area contributed by atoms with E-state index in [0.29, 0.717) is 0 Å². The van der Waals surface area contributed by atoms with Crippen LogP contribution < -0.4 is 4.74 Å². The van der Waals surface area contributed by atoms with E-state index in [1.807, 2.05) is 0 Å². The quantitative estimate of drug-likeness (QED) is 0.196. The minimum atomic E-state index is -0.0777. The molecule has 216 valence electrons. The predicted molar refractivity (Wildman–Crippen MR) is 193 cm³/mol. The average molecular weight is 587 g/mol. The molecular weight excluding hydrogens is 556 g/mol. The standard InChI is InChI=1S/C45H30O/c1-45(2)40-26-32(16-18-35(40)38-23-29-10-5-6-11-30(29)25-41(38)45)31-17-20-42-39(24-31)37-13-7-12-36-34(19-21-43(46-42)44(36)37)33-15-14-27-8-3-4-9-28(27)22-33/h3-26H,1-2H3. The van der Waals surface area contributed by atoms with Gasteiger partial charge in [-0.25, -0.2) is 0 Å². The van der Waals surface area contributed by atoms with Crippen LogP contribution in [0.1, 0.15) is 25.0 Å². The van der Waals surface area contributed by atoms with Gasteiger partial charge in [0.1, 0.15) is 11.5 Å². The number of fused-ring (bicyclic) bond motifs is 7. The molecule has 0 unspecified atom stereocenters. The lowest BCUT2D eigenvalue weighted by Gasteiger charge is -2.24. The summed E-state index contributed by atoms with van der Waals surface area (Å²) in [6.45, 7) is 4.73. The summed E-state index contributed by atoms with van der Waals surface area (Å²) in [5.74, 6) is 1.82. The van der Waals surface area contributed by atoms with Crippen molar-refractivity contribution in [3.63, 3.8) is 0 Å². The van der Waals surface area contributed by atoms with Crippen LogP contribution in [0.25, 0.3) is 76.8 Å². The molecule has 0 aromatic heterocycles. The molecule has 0 fully saturated rings. The van der Waals surface area contributed by atoms with Gasteiger partial charge in [0.25, 0.3) is 0 Å². The second kappa shape index (κ2) is 9.19. The van der Waals surface area contributed by atoms with Gasteiger partial charge in [-0.05, 0) is 119 Å². The zero-order valence-corrected chi connectivity index (χ0v) is 25.8. The second-order valence-electron chi connectivity index (χ2n) is 13.3. The van der Waals surface area contributed by atoms with Crippen molar-refractivity contribution >= 4 is 32.3 Å². The van der Waals surface area contributed by atoms with E-state index in [4.69, 9.17) is 4.74 Å². The molecule has 0 spiro atoms. The molecule has 1 heterocycles. The van der Waals surface area contributed by atoms with Crippen molar-refractivity contribution in [2.24, 2.45) is 0 Å². The molecule has 0 bridgehead atoms. The summed E-state index contributed by atoms with van der Waals surface area (Å²) in [7, 11) is 0. The van der Waals surface area contributed by atoms with E-state index < -0.39 is 0 Å². The first-order valence-electron chi connectivity index (χ1n) is 16.1. The van der Waals surface area contributed by atoms with Gasteiger partial charge in [0.15, 0.2) is 0 Å². The van der Waals surface area contributed by atoms with E-state index in [1.165, 1.54) is 82.4 Å². The Labute approximate surface area is 268 Å². The van der Waals surface area contributed by atoms with Gasteiger partial charge in [0.2, 0.25) is 0 Å². The Morgan fingerprint density at radius 2 is 1.04 bits per heavy atom. The lowest BCUT2D eigenvalue weighted by atomic mass is 9.81. The first-order valence-corrected chi connectivity index (χ1v) is 16.1. The van der Waals surface area contributed by atoms with E-state index >= 15 is 0 Å². The zero-order chi connectivity index (χ0) is 30.6. The van der Waals surface area contributed by atoms with Gasteiger partial charge >= 0.3 is 0 Å². The van der Waals surface area contributed by atoms with Crippen LogP contribution in [0.3, 0.4) is 0 Å². The summed E-state index contributed by atoms with van der Waals surface area (Å²) in [5.41, 5.74) is 12.7. The monoisotopic (exact) mass is 586 g/mol. The topological polar surface area (TPSA) is 9.23 Å². The van der Waals surface area contributed by atoms with Gasteiger partial charge in [-0.2, -0.15) is 0 Å². The highest BCUT2D eigenvalue weighted by molar-refractivity contribution is 6.10. The fraction of sp³-hybridized carbons (Fsp3) is 0.0667. The smallest absolute Gasteiger partial charge is 0.135 e. The summed E-state index contributed by atoms with van der Waals surface area (Å²) in [4.78, 5) is 0. The van der Waals surface area contributed by atoms with Crippen molar-refractivity contribution in [2.75, 3.05) is 0 Å². The van der Waals surface area contributed by atoms with Crippen molar-refractivity contribution in [2.45, 2.75) is 19.3 Å². The Kier molecular flexibility index (Phi) is 5.12. The number of ether oxygens (including phenoxy) is 1. The van der Waals surface area contributed by atoms with Crippen LogP contribution in [0.4, 0.5) is 0 Å². The zero-order valence-electron chi connectivity index (χ0n) is 25.8. The molecule has 0 saturated carbocycles. The summed E-state index contributed by atoms with van der Waals surface area (Å²) in [6.07, 6.45) is 0. The van der Waals surface area contributed by atoms with Gasteiger partial charge in [-0.1, -0.05) is 117 Å². The number of hydrogen-bond donors (Lipinski definition) is 0. The second-order valence-corrected chi connectivity index (χ2v) is 13.3. The van der Waals surface area contributed by atoms with Gasteiger partial charge in [0, 0.05) is 16.4 Å². The summed E-state index contributed by atoms with van der Waals surface area (Å²) < 4.78 is 6.59. The highest BCUT2D eigenvalue weighted by atomic mass is 16.5. The molecule has 46 heavy (non-hydrogen) atoms. The third-order valence-corrected chi connectivity index (χ3v) is 10.4. The van der Waals surface area contributed by atoms with E-state index in [1.54, 1.807) is 0 Å². The third kappa shape index (κ3) is 3.57.